The van der Waals surface area contributed by atoms with Gasteiger partial charge in [-0.05, 0) is 0 Å². The van der Waals surface area contributed by atoms with Crippen molar-refractivity contribution >= 4 is 12.5 Å². The summed E-state index contributed by atoms with van der Waals surface area (Å²) in [5, 5.41) is -0.613. The standard InChI is InChI=1S/C13H19F2P/c1-12(2)10-16(14,15,13(12,3)4)11-8-6-5-7-9-11/h5-9H,10H2,1-4H3. The summed E-state index contributed by atoms with van der Waals surface area (Å²) < 4.78 is 30.1. The summed E-state index contributed by atoms with van der Waals surface area (Å²) in [7, 11) is -4.72. The van der Waals surface area contributed by atoms with Crippen LogP contribution in [0, 0.1) is 5.41 Å². The van der Waals surface area contributed by atoms with E-state index in [4.69, 9.17) is 0 Å². The van der Waals surface area contributed by atoms with Crippen molar-refractivity contribution in [1.82, 2.24) is 0 Å². The van der Waals surface area contributed by atoms with Crippen LogP contribution >= 0.6 is 7.22 Å². The van der Waals surface area contributed by atoms with E-state index in [2.05, 4.69) is 0 Å². The molecule has 0 saturated carbocycles. The molecule has 0 bridgehead atoms. The van der Waals surface area contributed by atoms with Gasteiger partial charge in [-0.25, -0.2) is 0 Å². The van der Waals surface area contributed by atoms with E-state index < -0.39 is 12.4 Å². The maximum absolute atomic E-state index is 15.1. The third-order valence-electron chi connectivity index (χ3n) is 4.69. The molecule has 0 spiro atoms. The molecule has 1 aliphatic heterocycles. The molecule has 0 aromatic heterocycles. The Bertz CT molecular complexity index is 421. The minimum atomic E-state index is -4.72. The van der Waals surface area contributed by atoms with Crippen LogP contribution in [0.2, 0.25) is 0 Å². The van der Waals surface area contributed by atoms with Crippen LogP contribution in [0.15, 0.2) is 30.3 Å². The van der Waals surface area contributed by atoms with Crippen LogP contribution in [-0.2, 0) is 0 Å². The fraction of sp³-hybridized carbons (Fsp3) is 0.538. The minimum absolute atomic E-state index is 0.0512. The summed E-state index contributed by atoms with van der Waals surface area (Å²) in [6.07, 6.45) is 0.0512. The monoisotopic (exact) mass is 244 g/mol. The summed E-state index contributed by atoms with van der Waals surface area (Å²) in [6.45, 7) is 7.34. The van der Waals surface area contributed by atoms with Crippen molar-refractivity contribution in [2.75, 3.05) is 6.16 Å². The molecule has 1 saturated heterocycles. The number of rotatable bonds is 1. The second-order valence-corrected chi connectivity index (χ2v) is 10.1. The Morgan fingerprint density at radius 2 is 1.50 bits per heavy atom. The Hall–Kier alpha value is -0.490. The molecule has 0 radical (unpaired) electrons. The second kappa shape index (κ2) is 2.85. The molecule has 0 aliphatic carbocycles. The zero-order valence-electron chi connectivity index (χ0n) is 10.3. The van der Waals surface area contributed by atoms with Crippen molar-refractivity contribution in [3.05, 3.63) is 30.3 Å². The Morgan fingerprint density at radius 3 is 1.88 bits per heavy atom. The molecule has 90 valence electrons. The van der Waals surface area contributed by atoms with E-state index in [1.807, 2.05) is 13.8 Å². The van der Waals surface area contributed by atoms with E-state index in [0.29, 0.717) is 0 Å². The Balaban J connectivity index is 2.56. The molecular weight excluding hydrogens is 225 g/mol. The van der Waals surface area contributed by atoms with Crippen LogP contribution in [0.5, 0.6) is 0 Å². The first-order chi connectivity index (χ1) is 7.11. The zero-order valence-corrected chi connectivity index (χ0v) is 11.2. The van der Waals surface area contributed by atoms with Crippen LogP contribution in [0.3, 0.4) is 0 Å². The molecule has 1 aromatic rings. The van der Waals surface area contributed by atoms with Crippen molar-refractivity contribution in [3.8, 4) is 0 Å². The van der Waals surface area contributed by atoms with Crippen LogP contribution in [0.4, 0.5) is 8.39 Å². The van der Waals surface area contributed by atoms with Gasteiger partial charge in [0.15, 0.2) is 0 Å². The quantitative estimate of drug-likeness (QED) is 0.640. The summed E-state index contributed by atoms with van der Waals surface area (Å²) in [5.41, 5.74) is -0.274. The van der Waals surface area contributed by atoms with Gasteiger partial charge in [-0.2, -0.15) is 0 Å². The van der Waals surface area contributed by atoms with E-state index in [-0.39, 0.29) is 16.9 Å². The van der Waals surface area contributed by atoms with Gasteiger partial charge in [0.2, 0.25) is 0 Å². The van der Waals surface area contributed by atoms with E-state index in [1.54, 1.807) is 44.2 Å². The molecule has 1 heterocycles. The Morgan fingerprint density at radius 1 is 1.00 bits per heavy atom. The van der Waals surface area contributed by atoms with Crippen molar-refractivity contribution in [2.45, 2.75) is 32.9 Å². The third-order valence-corrected chi connectivity index (χ3v) is 10.1. The molecule has 0 nitrogen and oxygen atoms in total. The zero-order chi connectivity index (χ0) is 12.3. The van der Waals surface area contributed by atoms with Crippen molar-refractivity contribution in [2.24, 2.45) is 5.41 Å². The van der Waals surface area contributed by atoms with Crippen LogP contribution in [-0.4, -0.2) is 11.3 Å². The average molecular weight is 244 g/mol. The topological polar surface area (TPSA) is 0 Å². The molecule has 2 rings (SSSR count). The van der Waals surface area contributed by atoms with E-state index in [9.17, 15) is 0 Å². The summed E-state index contributed by atoms with van der Waals surface area (Å²) >= 11 is 0. The van der Waals surface area contributed by atoms with Gasteiger partial charge in [0.1, 0.15) is 0 Å². The first-order valence-corrected chi connectivity index (χ1v) is 7.82. The molecule has 1 aliphatic rings. The molecule has 1 aromatic carbocycles. The molecular formula is C13H19F2P. The number of benzene rings is 1. The first-order valence-electron chi connectivity index (χ1n) is 5.62. The van der Waals surface area contributed by atoms with Gasteiger partial charge < -0.3 is 0 Å². The fourth-order valence-corrected chi connectivity index (χ4v) is 7.48. The van der Waals surface area contributed by atoms with Crippen LogP contribution in [0.25, 0.3) is 0 Å². The Kier molecular flexibility index (Phi) is 2.13. The van der Waals surface area contributed by atoms with Gasteiger partial charge in [0, 0.05) is 0 Å². The second-order valence-electron chi connectivity index (χ2n) is 6.01. The maximum atomic E-state index is 15.1. The van der Waals surface area contributed by atoms with Gasteiger partial charge in [0.05, 0.1) is 0 Å². The van der Waals surface area contributed by atoms with E-state index in [0.717, 1.165) is 0 Å². The van der Waals surface area contributed by atoms with E-state index >= 15 is 8.39 Å². The predicted molar refractivity (Wildman–Crippen MR) is 67.9 cm³/mol. The van der Waals surface area contributed by atoms with Crippen molar-refractivity contribution in [3.63, 3.8) is 0 Å². The van der Waals surface area contributed by atoms with Gasteiger partial charge in [-0.1, -0.05) is 0 Å². The van der Waals surface area contributed by atoms with Gasteiger partial charge in [-0.15, -0.1) is 0 Å². The summed E-state index contributed by atoms with van der Waals surface area (Å²) in [5.74, 6) is 0. The van der Waals surface area contributed by atoms with Crippen molar-refractivity contribution in [1.29, 1.82) is 0 Å². The Labute approximate surface area is 96.2 Å². The van der Waals surface area contributed by atoms with Crippen LogP contribution < -0.4 is 5.30 Å². The molecule has 0 atom stereocenters. The number of halogens is 2. The average Bonchev–Trinajstić information content (AvgIpc) is 2.17. The van der Waals surface area contributed by atoms with E-state index in [1.165, 1.54) is 0 Å². The third kappa shape index (κ3) is 1.12. The van der Waals surface area contributed by atoms with Crippen molar-refractivity contribution < 1.29 is 8.39 Å². The fourth-order valence-electron chi connectivity index (χ4n) is 2.72. The van der Waals surface area contributed by atoms with Gasteiger partial charge in [0.25, 0.3) is 0 Å². The van der Waals surface area contributed by atoms with Gasteiger partial charge in [-0.3, -0.25) is 0 Å². The summed E-state index contributed by atoms with van der Waals surface area (Å²) in [6, 6.07) is 8.40. The predicted octanol–water partition coefficient (Wildman–Crippen LogP) is 4.45. The molecule has 0 amide bonds. The first kappa shape index (κ1) is 12.0. The van der Waals surface area contributed by atoms with Gasteiger partial charge >= 0.3 is 95.7 Å². The molecule has 0 N–H and O–H groups in total. The summed E-state index contributed by atoms with van der Waals surface area (Å²) in [4.78, 5) is 0. The molecule has 3 heteroatoms. The van der Waals surface area contributed by atoms with Crippen LogP contribution in [0.1, 0.15) is 27.7 Å². The molecule has 0 unspecified atom stereocenters. The molecule has 16 heavy (non-hydrogen) atoms. The number of hydrogen-bond acceptors (Lipinski definition) is 0. The normalized spacial score (nSPS) is 30.8. The number of hydrogen-bond donors (Lipinski definition) is 0. The molecule has 1 fully saturated rings. The SMILES string of the molecule is CC1(C)CP(F)(F)(c2ccccc2)C1(C)C.